The van der Waals surface area contributed by atoms with Crippen LogP contribution in [0.25, 0.3) is 0 Å². The van der Waals surface area contributed by atoms with Crippen LogP contribution in [0.1, 0.15) is 71.1 Å². The Kier molecular flexibility index (Phi) is 22.5. The van der Waals surface area contributed by atoms with Gasteiger partial charge in [0.05, 0.1) is 6.61 Å². The minimum absolute atomic E-state index is 0.0972. The highest BCUT2D eigenvalue weighted by Gasteiger charge is 1.93. The molecule has 0 bridgehead atoms. The fourth-order valence-electron chi connectivity index (χ4n) is 1.92. The monoisotopic (exact) mass is 274 g/mol. The largest absolute Gasteiger partial charge is 0.395 e. The Morgan fingerprint density at radius 1 is 0.789 bits per heavy atom. The third-order valence-electron chi connectivity index (χ3n) is 3.09. The lowest BCUT2D eigenvalue weighted by Gasteiger charge is -2.08. The van der Waals surface area contributed by atoms with E-state index in [1.165, 1.54) is 70.8 Å². The van der Waals surface area contributed by atoms with Crippen LogP contribution in [0.15, 0.2) is 0 Å². The highest BCUT2D eigenvalue weighted by atomic mass is 16.3. The van der Waals surface area contributed by atoms with E-state index in [1.807, 2.05) is 0 Å². The summed E-state index contributed by atoms with van der Waals surface area (Å²) in [4.78, 5) is 2.28. The Morgan fingerprint density at radius 3 is 1.47 bits per heavy atom. The van der Waals surface area contributed by atoms with Gasteiger partial charge in [-0.2, -0.15) is 0 Å². The molecular weight excluding hydrogens is 236 g/mol. The fourth-order valence-corrected chi connectivity index (χ4v) is 1.92. The molecule has 0 unspecified atom stereocenters. The number of unbranched alkanes of at least 4 members (excludes halogenated alkanes) is 9. The Labute approximate surface area is 121 Å². The molecule has 0 saturated heterocycles. The Balaban J connectivity index is 0. The summed E-state index contributed by atoms with van der Waals surface area (Å²) >= 11 is 0. The van der Waals surface area contributed by atoms with E-state index in [1.54, 1.807) is 0 Å². The van der Waals surface area contributed by atoms with Gasteiger partial charge in [-0.15, -0.1) is 0 Å². The smallest absolute Gasteiger partial charge is 0.0553 e. The second-order valence-corrected chi connectivity index (χ2v) is 5.50. The van der Waals surface area contributed by atoms with Crippen molar-refractivity contribution in [3.05, 3.63) is 0 Å². The first-order valence-corrected chi connectivity index (χ1v) is 8.14. The Morgan fingerprint density at radius 2 is 1.16 bits per heavy atom. The summed E-state index contributed by atoms with van der Waals surface area (Å²) < 4.78 is 0. The molecule has 0 aliphatic heterocycles. The minimum atomic E-state index is 0.0972. The van der Waals surface area contributed by atoms with E-state index in [9.17, 15) is 0 Å². The maximum absolute atomic E-state index is 7.75. The van der Waals surface area contributed by atoms with Gasteiger partial charge in [0, 0.05) is 6.54 Å². The molecule has 3 nitrogen and oxygen atoms in total. The lowest BCUT2D eigenvalue weighted by molar-refractivity contribution is 0.306. The number of hydrogen-bond donors (Lipinski definition) is 2. The first kappa shape index (κ1) is 21.2. The third kappa shape index (κ3) is 27.2. The van der Waals surface area contributed by atoms with Crippen LogP contribution in [0.2, 0.25) is 0 Å². The Bertz CT molecular complexity index is 139. The molecule has 0 aromatic carbocycles. The summed E-state index contributed by atoms with van der Waals surface area (Å²) in [6.07, 6.45) is 14.4. The summed E-state index contributed by atoms with van der Waals surface area (Å²) in [7, 11) is 4.32. The molecule has 0 radical (unpaired) electrons. The van der Waals surface area contributed by atoms with Crippen molar-refractivity contribution in [3.63, 3.8) is 0 Å². The maximum atomic E-state index is 7.75. The van der Waals surface area contributed by atoms with Crippen LogP contribution in [-0.4, -0.2) is 43.8 Å². The van der Waals surface area contributed by atoms with Gasteiger partial charge in [0.2, 0.25) is 0 Å². The van der Waals surface area contributed by atoms with Crippen molar-refractivity contribution in [2.24, 2.45) is 5.73 Å². The number of aliphatic hydroxyl groups excluding tert-OH is 1. The molecule has 0 saturated carbocycles. The third-order valence-corrected chi connectivity index (χ3v) is 3.09. The number of hydrogen-bond acceptors (Lipinski definition) is 3. The topological polar surface area (TPSA) is 49.5 Å². The number of aliphatic hydroxyl groups is 1. The van der Waals surface area contributed by atoms with Crippen molar-refractivity contribution in [3.8, 4) is 0 Å². The summed E-state index contributed by atoms with van der Waals surface area (Å²) in [6, 6.07) is 0. The van der Waals surface area contributed by atoms with Gasteiger partial charge >= 0.3 is 0 Å². The van der Waals surface area contributed by atoms with Crippen LogP contribution in [-0.2, 0) is 0 Å². The molecule has 0 aromatic rings. The zero-order valence-corrected chi connectivity index (χ0v) is 13.7. The molecule has 3 heteroatoms. The van der Waals surface area contributed by atoms with Crippen LogP contribution >= 0.6 is 0 Å². The van der Waals surface area contributed by atoms with Gasteiger partial charge in [0.15, 0.2) is 0 Å². The van der Waals surface area contributed by atoms with Crippen LogP contribution in [0.4, 0.5) is 0 Å². The lowest BCUT2D eigenvalue weighted by atomic mass is 10.1. The van der Waals surface area contributed by atoms with E-state index < -0.39 is 0 Å². The zero-order chi connectivity index (χ0) is 14.8. The molecule has 0 rings (SSSR count). The van der Waals surface area contributed by atoms with Crippen LogP contribution in [0, 0.1) is 0 Å². The molecule has 0 spiro atoms. The number of rotatable bonds is 12. The molecule has 0 aliphatic rings. The van der Waals surface area contributed by atoms with E-state index in [0.29, 0.717) is 6.54 Å². The quantitative estimate of drug-likeness (QED) is 0.536. The second-order valence-electron chi connectivity index (χ2n) is 5.50. The highest BCUT2D eigenvalue weighted by molar-refractivity contribution is 4.49. The van der Waals surface area contributed by atoms with Crippen LogP contribution in [0.3, 0.4) is 0 Å². The van der Waals surface area contributed by atoms with Gasteiger partial charge in [-0.1, -0.05) is 64.7 Å². The molecule has 118 valence electrons. The first-order valence-electron chi connectivity index (χ1n) is 8.14. The van der Waals surface area contributed by atoms with Crippen molar-refractivity contribution in [2.45, 2.75) is 71.1 Å². The first-order chi connectivity index (χ1) is 9.18. The number of nitrogens with two attached hydrogens (primary N) is 1. The van der Waals surface area contributed by atoms with Gasteiger partial charge in [-0.25, -0.2) is 0 Å². The van der Waals surface area contributed by atoms with E-state index in [2.05, 4.69) is 25.9 Å². The van der Waals surface area contributed by atoms with Crippen molar-refractivity contribution in [1.82, 2.24) is 4.90 Å². The van der Waals surface area contributed by atoms with Gasteiger partial charge in [-0.3, -0.25) is 0 Å². The lowest BCUT2D eigenvalue weighted by Crippen LogP contribution is -2.12. The average Bonchev–Trinajstić information content (AvgIpc) is 2.41. The standard InChI is InChI=1S/C14H31N.C2H7NO/c1-4-5-6-7-8-9-10-11-12-13-14-15(2)3;3-1-2-4/h4-14H2,1-3H3;4H,1-3H2. The summed E-state index contributed by atoms with van der Waals surface area (Å²) in [5.41, 5.74) is 4.78. The van der Waals surface area contributed by atoms with Gasteiger partial charge in [0.25, 0.3) is 0 Å². The second kappa shape index (κ2) is 20.2. The summed E-state index contributed by atoms with van der Waals surface area (Å²) in [5, 5.41) is 7.75. The van der Waals surface area contributed by atoms with E-state index in [4.69, 9.17) is 10.8 Å². The maximum Gasteiger partial charge on any atom is 0.0553 e. The van der Waals surface area contributed by atoms with Crippen molar-refractivity contribution >= 4 is 0 Å². The molecule has 0 atom stereocenters. The summed E-state index contributed by atoms with van der Waals surface area (Å²) in [5.74, 6) is 0. The Hall–Kier alpha value is -0.120. The van der Waals surface area contributed by atoms with Crippen molar-refractivity contribution in [1.29, 1.82) is 0 Å². The average molecular weight is 274 g/mol. The molecular formula is C16H38N2O. The fraction of sp³-hybridized carbons (Fsp3) is 1.00. The van der Waals surface area contributed by atoms with Gasteiger partial charge in [0.1, 0.15) is 0 Å². The molecule has 0 aliphatic carbocycles. The van der Waals surface area contributed by atoms with Crippen molar-refractivity contribution < 1.29 is 5.11 Å². The molecule has 0 fully saturated rings. The van der Waals surface area contributed by atoms with Gasteiger partial charge < -0.3 is 15.7 Å². The van der Waals surface area contributed by atoms with Crippen molar-refractivity contribution in [2.75, 3.05) is 33.8 Å². The van der Waals surface area contributed by atoms with Gasteiger partial charge in [-0.05, 0) is 27.1 Å². The zero-order valence-electron chi connectivity index (χ0n) is 13.7. The van der Waals surface area contributed by atoms with Crippen LogP contribution < -0.4 is 5.73 Å². The molecule has 19 heavy (non-hydrogen) atoms. The molecule has 0 amide bonds. The molecule has 0 aromatic heterocycles. The van der Waals surface area contributed by atoms with E-state index in [-0.39, 0.29) is 6.61 Å². The number of nitrogens with zero attached hydrogens (tertiary/aromatic N) is 1. The predicted molar refractivity (Wildman–Crippen MR) is 86.5 cm³/mol. The normalized spacial score (nSPS) is 10.4. The summed E-state index contributed by atoms with van der Waals surface area (Å²) in [6.45, 7) is 4.02. The molecule has 0 heterocycles. The van der Waals surface area contributed by atoms with E-state index >= 15 is 0 Å². The SMILES string of the molecule is CCCCCCCCCCCCN(C)C.NCCO. The predicted octanol–water partition coefficient (Wildman–Crippen LogP) is 3.41. The molecule has 3 N–H and O–H groups in total. The highest BCUT2D eigenvalue weighted by Crippen LogP contribution is 2.10. The van der Waals surface area contributed by atoms with Crippen LogP contribution in [0.5, 0.6) is 0 Å². The minimum Gasteiger partial charge on any atom is -0.395 e. The van der Waals surface area contributed by atoms with E-state index in [0.717, 1.165) is 0 Å².